The summed E-state index contributed by atoms with van der Waals surface area (Å²) in [6, 6.07) is 7.34. The van der Waals surface area contributed by atoms with Crippen molar-refractivity contribution in [2.45, 2.75) is 44.8 Å². The predicted octanol–water partition coefficient (Wildman–Crippen LogP) is 2.19. The van der Waals surface area contributed by atoms with Crippen LogP contribution in [0.5, 0.6) is 5.75 Å². The molecule has 6 heteroatoms. The van der Waals surface area contributed by atoms with E-state index in [1.807, 2.05) is 45.0 Å². The number of benzene rings is 1. The van der Waals surface area contributed by atoms with Crippen molar-refractivity contribution in [3.05, 3.63) is 29.8 Å². The van der Waals surface area contributed by atoms with Crippen LogP contribution in [0, 0.1) is 0 Å². The van der Waals surface area contributed by atoms with Gasteiger partial charge in [0.15, 0.2) is 0 Å². The fourth-order valence-corrected chi connectivity index (χ4v) is 2.59. The third-order valence-corrected chi connectivity index (χ3v) is 3.66. The van der Waals surface area contributed by atoms with E-state index in [4.69, 9.17) is 9.47 Å². The highest BCUT2D eigenvalue weighted by Gasteiger charge is 2.32. The summed E-state index contributed by atoms with van der Waals surface area (Å²) in [5, 5.41) is 5.65. The van der Waals surface area contributed by atoms with Crippen molar-refractivity contribution >= 4 is 12.0 Å². The Balaban J connectivity index is 2.12. The van der Waals surface area contributed by atoms with Gasteiger partial charge >= 0.3 is 6.09 Å². The van der Waals surface area contributed by atoms with Gasteiger partial charge in [0.1, 0.15) is 11.4 Å². The molecule has 2 atom stereocenters. The van der Waals surface area contributed by atoms with Gasteiger partial charge in [-0.15, -0.1) is 0 Å². The smallest absolute Gasteiger partial charge is 0.407 e. The van der Waals surface area contributed by atoms with E-state index in [-0.39, 0.29) is 17.9 Å². The van der Waals surface area contributed by atoms with Crippen molar-refractivity contribution in [3.63, 3.8) is 0 Å². The second-order valence-corrected chi connectivity index (χ2v) is 6.64. The number of hydrogen-bond donors (Lipinski definition) is 2. The van der Waals surface area contributed by atoms with E-state index >= 15 is 0 Å². The first kappa shape index (κ1) is 17.1. The molecule has 6 nitrogen and oxygen atoms in total. The first-order chi connectivity index (χ1) is 10.8. The summed E-state index contributed by atoms with van der Waals surface area (Å²) in [6.45, 7) is 5.83. The molecule has 1 aliphatic heterocycles. The lowest BCUT2D eigenvalue weighted by Gasteiger charge is -2.33. The number of ether oxygens (including phenoxy) is 2. The topological polar surface area (TPSA) is 76.7 Å². The highest BCUT2D eigenvalue weighted by Crippen LogP contribution is 2.28. The van der Waals surface area contributed by atoms with Gasteiger partial charge < -0.3 is 20.1 Å². The zero-order valence-corrected chi connectivity index (χ0v) is 14.0. The van der Waals surface area contributed by atoms with Gasteiger partial charge in [-0.25, -0.2) is 4.79 Å². The second kappa shape index (κ2) is 6.89. The van der Waals surface area contributed by atoms with Crippen molar-refractivity contribution < 1.29 is 19.1 Å². The number of carbonyl (C=O) groups is 2. The summed E-state index contributed by atoms with van der Waals surface area (Å²) in [6.07, 6.45) is -0.149. The van der Waals surface area contributed by atoms with E-state index in [9.17, 15) is 9.59 Å². The zero-order valence-electron chi connectivity index (χ0n) is 14.0. The van der Waals surface area contributed by atoms with E-state index in [1.165, 1.54) is 0 Å². The maximum Gasteiger partial charge on any atom is 0.407 e. The molecule has 0 unspecified atom stereocenters. The number of alkyl carbamates (subject to hydrolysis) is 1. The van der Waals surface area contributed by atoms with Gasteiger partial charge in [0, 0.05) is 18.9 Å². The summed E-state index contributed by atoms with van der Waals surface area (Å²) in [4.78, 5) is 23.8. The SMILES string of the molecule is COc1ccc([C@H]2CC(=O)NC[C@@H]2NC(=O)OC(C)(C)C)cc1. The number of methoxy groups -OCH3 is 1. The molecule has 1 aromatic carbocycles. The van der Waals surface area contributed by atoms with Gasteiger partial charge in [0.25, 0.3) is 0 Å². The van der Waals surface area contributed by atoms with Crippen LogP contribution in [-0.4, -0.2) is 37.3 Å². The molecule has 23 heavy (non-hydrogen) atoms. The molecule has 1 aliphatic rings. The molecule has 1 aromatic rings. The Morgan fingerprint density at radius 2 is 1.91 bits per heavy atom. The highest BCUT2D eigenvalue weighted by molar-refractivity contribution is 5.79. The minimum absolute atomic E-state index is 0.0203. The zero-order chi connectivity index (χ0) is 17.0. The highest BCUT2D eigenvalue weighted by atomic mass is 16.6. The van der Waals surface area contributed by atoms with Gasteiger partial charge in [-0.1, -0.05) is 12.1 Å². The van der Waals surface area contributed by atoms with Crippen molar-refractivity contribution in [2.24, 2.45) is 0 Å². The molecular weight excluding hydrogens is 296 g/mol. The Labute approximate surface area is 136 Å². The van der Waals surface area contributed by atoms with Crippen LogP contribution in [0.25, 0.3) is 0 Å². The van der Waals surface area contributed by atoms with Crippen LogP contribution in [0.3, 0.4) is 0 Å². The summed E-state index contributed by atoms with van der Waals surface area (Å²) in [5.41, 5.74) is 0.430. The molecule has 0 bridgehead atoms. The first-order valence-electron chi connectivity index (χ1n) is 7.68. The van der Waals surface area contributed by atoms with Crippen LogP contribution in [-0.2, 0) is 9.53 Å². The third-order valence-electron chi connectivity index (χ3n) is 3.66. The van der Waals surface area contributed by atoms with Gasteiger partial charge in [0.05, 0.1) is 13.2 Å². The van der Waals surface area contributed by atoms with Gasteiger partial charge in [-0.3, -0.25) is 4.79 Å². The lowest BCUT2D eigenvalue weighted by atomic mass is 9.85. The monoisotopic (exact) mass is 320 g/mol. The van der Waals surface area contributed by atoms with Crippen LogP contribution in [0.1, 0.15) is 38.7 Å². The fourth-order valence-electron chi connectivity index (χ4n) is 2.59. The largest absolute Gasteiger partial charge is 0.497 e. The van der Waals surface area contributed by atoms with Crippen molar-refractivity contribution in [1.29, 1.82) is 0 Å². The molecule has 0 radical (unpaired) electrons. The summed E-state index contributed by atoms with van der Waals surface area (Å²) in [5.74, 6) is 0.640. The molecule has 0 aromatic heterocycles. The Kier molecular flexibility index (Phi) is 5.13. The minimum atomic E-state index is -0.558. The average molecular weight is 320 g/mol. The van der Waals surface area contributed by atoms with E-state index in [1.54, 1.807) is 7.11 Å². The number of hydrogen-bond acceptors (Lipinski definition) is 4. The maximum atomic E-state index is 12.0. The van der Waals surface area contributed by atoms with E-state index in [0.717, 1.165) is 11.3 Å². The van der Waals surface area contributed by atoms with Crippen LogP contribution >= 0.6 is 0 Å². The molecule has 0 spiro atoms. The number of carbonyl (C=O) groups excluding carboxylic acids is 2. The van der Waals surface area contributed by atoms with Gasteiger partial charge in [0.2, 0.25) is 5.91 Å². The second-order valence-electron chi connectivity index (χ2n) is 6.64. The van der Waals surface area contributed by atoms with Crippen LogP contribution in [0.2, 0.25) is 0 Å². The quantitative estimate of drug-likeness (QED) is 0.895. The minimum Gasteiger partial charge on any atom is -0.497 e. The lowest BCUT2D eigenvalue weighted by Crippen LogP contribution is -2.52. The molecule has 1 fully saturated rings. The van der Waals surface area contributed by atoms with E-state index in [2.05, 4.69) is 10.6 Å². The molecule has 126 valence electrons. The van der Waals surface area contributed by atoms with E-state index < -0.39 is 11.7 Å². The number of amides is 2. The fraction of sp³-hybridized carbons (Fsp3) is 0.529. The molecule has 1 saturated heterocycles. The van der Waals surface area contributed by atoms with Crippen LogP contribution < -0.4 is 15.4 Å². The molecule has 0 saturated carbocycles. The first-order valence-corrected chi connectivity index (χ1v) is 7.68. The molecule has 2 amide bonds. The number of piperidine rings is 1. The Morgan fingerprint density at radius 1 is 1.26 bits per heavy atom. The van der Waals surface area contributed by atoms with Crippen molar-refractivity contribution in [1.82, 2.24) is 10.6 Å². The predicted molar refractivity (Wildman–Crippen MR) is 86.5 cm³/mol. The van der Waals surface area contributed by atoms with Crippen LogP contribution in [0.4, 0.5) is 4.79 Å². The number of rotatable bonds is 3. The molecule has 0 aliphatic carbocycles. The molecule has 2 rings (SSSR count). The maximum absolute atomic E-state index is 12.0. The molecule has 2 N–H and O–H groups in total. The summed E-state index contributed by atoms with van der Waals surface area (Å²) < 4.78 is 10.5. The average Bonchev–Trinajstić information content (AvgIpc) is 2.47. The molecule has 1 heterocycles. The van der Waals surface area contributed by atoms with Gasteiger partial charge in [-0.2, -0.15) is 0 Å². The van der Waals surface area contributed by atoms with E-state index in [0.29, 0.717) is 13.0 Å². The van der Waals surface area contributed by atoms with Gasteiger partial charge in [-0.05, 0) is 38.5 Å². The Morgan fingerprint density at radius 3 is 2.48 bits per heavy atom. The third kappa shape index (κ3) is 4.87. The van der Waals surface area contributed by atoms with Crippen LogP contribution in [0.15, 0.2) is 24.3 Å². The Hall–Kier alpha value is -2.24. The molecular formula is C17H24N2O4. The normalized spacial score (nSPS) is 21.3. The van der Waals surface area contributed by atoms with Crippen molar-refractivity contribution in [2.75, 3.05) is 13.7 Å². The summed E-state index contributed by atoms with van der Waals surface area (Å²) in [7, 11) is 1.61. The Bertz CT molecular complexity index is 563. The standard InChI is InChI=1S/C17H24N2O4/c1-17(2,3)23-16(21)19-14-10-18-15(20)9-13(14)11-5-7-12(22-4)8-6-11/h5-8,13-14H,9-10H2,1-4H3,(H,18,20)(H,19,21)/t13-,14+/m1/s1. The number of nitrogens with one attached hydrogen (secondary N) is 2. The summed E-state index contributed by atoms with van der Waals surface area (Å²) >= 11 is 0. The lowest BCUT2D eigenvalue weighted by molar-refractivity contribution is -0.123. The van der Waals surface area contributed by atoms with Crippen molar-refractivity contribution in [3.8, 4) is 5.75 Å².